The molecule has 0 amide bonds. The fourth-order valence-corrected chi connectivity index (χ4v) is 11.8. The molecule has 0 bridgehead atoms. The number of methoxy groups -OCH3 is 2. The van der Waals surface area contributed by atoms with Gasteiger partial charge in [0.2, 0.25) is 18.1 Å². The van der Waals surface area contributed by atoms with Gasteiger partial charge in [0.1, 0.15) is 101 Å². The molecule has 12 rings (SSSR count). The molecule has 0 spiro atoms. The van der Waals surface area contributed by atoms with Crippen molar-refractivity contribution < 1.29 is 129 Å². The van der Waals surface area contributed by atoms with Crippen molar-refractivity contribution in [3.8, 4) is 80.5 Å². The minimum Gasteiger partial charge on any atom is -0.574 e. The third-order valence-electron chi connectivity index (χ3n) is 16.3. The number of ether oxygens (including phenoxy) is 9. The van der Waals surface area contributed by atoms with E-state index in [4.69, 9.17) is 42.6 Å². The normalized spacial score (nSPS) is 24.8. The molecule has 478 valence electrons. The molecule has 1 fully saturated rings. The molecule has 0 saturated carbocycles. The number of allylic oxidation sites excluding steroid dienone is 3. The molecule has 11 unspecified atom stereocenters. The van der Waals surface area contributed by atoms with Crippen LogP contribution < -0.4 is 18.9 Å². The quantitative estimate of drug-likeness (QED) is 0.0283. The van der Waals surface area contributed by atoms with Gasteiger partial charge in [0, 0.05) is 70.7 Å². The zero-order valence-electron chi connectivity index (χ0n) is 48.2. The fraction of sp³-hybridized carbons (Fsp3) is 0.227. The molecule has 5 aliphatic heterocycles. The largest absolute Gasteiger partial charge is 0.574 e. The lowest BCUT2D eigenvalue weighted by Crippen LogP contribution is -2.59. The molecule has 11 atom stereocenters. The van der Waals surface area contributed by atoms with Gasteiger partial charge in [-0.1, -0.05) is 24.3 Å². The Labute approximate surface area is 520 Å². The Morgan fingerprint density at radius 3 is 1.91 bits per heavy atom. The monoisotopic (exact) mass is 1270 g/mol. The first-order chi connectivity index (χ1) is 44.0. The molecule has 17 N–H and O–H groups in total. The highest BCUT2D eigenvalue weighted by atomic mass is 16.7. The first-order valence-electron chi connectivity index (χ1n) is 28.3. The van der Waals surface area contributed by atoms with Crippen LogP contribution in [-0.4, -0.2) is 162 Å². The van der Waals surface area contributed by atoms with Crippen LogP contribution >= 0.6 is 0 Å². The van der Waals surface area contributed by atoms with E-state index in [-0.39, 0.29) is 114 Å². The van der Waals surface area contributed by atoms with Crippen LogP contribution in [0.5, 0.6) is 80.5 Å². The van der Waals surface area contributed by atoms with Crippen molar-refractivity contribution in [2.45, 2.75) is 73.6 Å². The maximum Gasteiger partial charge on any atom is 0.330 e. The summed E-state index contributed by atoms with van der Waals surface area (Å²) in [7, 11) is 2.54. The van der Waals surface area contributed by atoms with E-state index in [1.165, 1.54) is 99.2 Å². The van der Waals surface area contributed by atoms with Gasteiger partial charge in [0.25, 0.3) is 5.76 Å². The van der Waals surface area contributed by atoms with Crippen molar-refractivity contribution in [3.05, 3.63) is 194 Å². The Balaban J connectivity index is 0.971. The summed E-state index contributed by atoms with van der Waals surface area (Å²) in [6, 6.07) is 17.6. The van der Waals surface area contributed by atoms with Gasteiger partial charge in [-0.25, -0.2) is 4.79 Å². The molecule has 5 heterocycles. The van der Waals surface area contributed by atoms with Crippen molar-refractivity contribution >= 4 is 23.9 Å². The number of hydrogen-bond acceptors (Lipinski definition) is 25. The number of carbonyl (C=O) groups excluding carboxylic acids is 1. The SMILES string of the molecule is COc1cc(C2=C(OC3OC(COC(=O)C=Cc4ccc(O)cc4)C(O)C(O)C3O)C3=C4C(=CC(O)=CC4[OH+]C(C=Cc4c(O)cc(O)c5c4OC(c4ccc(O)c(O)c4)C(O)C5c4c(O)cc(O)c5c4OC(c4ccc(O)c(O)c4)C(O)C5)=C3)O2)cc(OC)c1O. The van der Waals surface area contributed by atoms with E-state index in [1.807, 2.05) is 0 Å². The summed E-state index contributed by atoms with van der Waals surface area (Å²) < 4.78 is 53.3. The number of esters is 1. The van der Waals surface area contributed by atoms with Crippen LogP contribution in [-0.2, 0) is 30.2 Å². The number of rotatable bonds is 14. The molecule has 26 nitrogen and oxygen atoms in total. The molecular weight excluding hydrogens is 1210 g/mol. The average molecular weight is 1270 g/mol. The molecule has 1 aliphatic carbocycles. The first kappa shape index (κ1) is 61.4. The van der Waals surface area contributed by atoms with E-state index in [1.54, 1.807) is 0 Å². The predicted molar refractivity (Wildman–Crippen MR) is 317 cm³/mol. The standard InChI is InChI=1S/C66H58O26/c1-84-47-17-29(18-48(85-2)55(47)79)62-65(92-66-59(83)58(82)56(80)49(89-66)25-86-50(78)14-5-26-3-8-30(67)9-4-26)35-21-32(87-45-19-31(68)20-46(88-62)51(35)45)10-11-33-38(71)23-42(75)52-54(57(81)61(91-63(33)52)28-7-13-37(70)41(74)16-28)53-43(76)24-39(72)34-22-44(77)60(90-64(34)53)27-6-12-36(69)40(73)15-27/h3-21,23-24,44-45,49,54,56-61,66-77,79-83H,22,25H2,1-2H3/p+1. The van der Waals surface area contributed by atoms with Crippen molar-refractivity contribution in [3.63, 3.8) is 0 Å². The third kappa shape index (κ3) is 11.2. The van der Waals surface area contributed by atoms with Crippen molar-refractivity contribution in [2.75, 3.05) is 20.8 Å². The Morgan fingerprint density at radius 2 is 1.26 bits per heavy atom. The van der Waals surface area contributed by atoms with Gasteiger partial charge >= 0.3 is 5.97 Å². The lowest BCUT2D eigenvalue weighted by atomic mass is 9.76. The van der Waals surface area contributed by atoms with Crippen LogP contribution in [0.1, 0.15) is 62.6 Å². The zero-order valence-corrected chi connectivity index (χ0v) is 48.2. The number of aliphatic hydroxyl groups excluding tert-OH is 6. The highest BCUT2D eigenvalue weighted by Gasteiger charge is 2.50. The van der Waals surface area contributed by atoms with Crippen LogP contribution in [0.25, 0.3) is 17.9 Å². The first-order valence-corrected chi connectivity index (χ1v) is 28.3. The van der Waals surface area contributed by atoms with Gasteiger partial charge in [-0.15, -0.1) is 0 Å². The maximum atomic E-state index is 12.9. The number of benzene rings is 6. The number of phenols is 10. The van der Waals surface area contributed by atoms with Gasteiger partial charge in [0.05, 0.1) is 37.9 Å². The second kappa shape index (κ2) is 24.2. The van der Waals surface area contributed by atoms with Gasteiger partial charge in [0.15, 0.2) is 52.1 Å². The average Bonchev–Trinajstić information content (AvgIpc) is 0.731. The zero-order chi connectivity index (χ0) is 65.3. The number of fused-ring (bicyclic) bond motifs is 2. The maximum absolute atomic E-state index is 12.9. The molecular formula is C66H59O26+. The fourth-order valence-electron chi connectivity index (χ4n) is 11.8. The van der Waals surface area contributed by atoms with Gasteiger partial charge in [-0.05, 0) is 77.4 Å². The van der Waals surface area contributed by atoms with Crippen molar-refractivity contribution in [1.82, 2.24) is 0 Å². The van der Waals surface area contributed by atoms with Crippen LogP contribution in [0.4, 0.5) is 0 Å². The molecule has 0 aromatic heterocycles. The smallest absolute Gasteiger partial charge is 0.330 e. The number of aromatic hydroxyl groups is 10. The van der Waals surface area contributed by atoms with Crippen LogP contribution in [0.15, 0.2) is 149 Å². The van der Waals surface area contributed by atoms with Gasteiger partial charge in [-0.2, -0.15) is 0 Å². The highest BCUT2D eigenvalue weighted by molar-refractivity contribution is 5.87. The Bertz CT molecular complexity index is 4170. The molecule has 0 radical (unpaired) electrons. The number of carbonyl (C=O) groups is 1. The Morgan fingerprint density at radius 1 is 0.630 bits per heavy atom. The van der Waals surface area contributed by atoms with E-state index in [0.29, 0.717) is 5.56 Å². The van der Waals surface area contributed by atoms with Crippen LogP contribution in [0.2, 0.25) is 0 Å². The summed E-state index contributed by atoms with van der Waals surface area (Å²) in [6.45, 7) is -0.682. The number of phenolic OH excluding ortho intramolecular Hbond substituents is 10. The topological polar surface area (TPSA) is 427 Å². The minimum absolute atomic E-state index is 0.000472. The van der Waals surface area contributed by atoms with Crippen LogP contribution in [0, 0.1) is 0 Å². The molecule has 6 aromatic carbocycles. The summed E-state index contributed by atoms with van der Waals surface area (Å²) in [5.74, 6) is -9.49. The predicted octanol–water partition coefficient (Wildman–Crippen LogP) is 5.35. The Hall–Kier alpha value is -10.9. The second-order valence-electron chi connectivity index (χ2n) is 22.1. The van der Waals surface area contributed by atoms with Gasteiger partial charge in [-0.3, -0.25) is 0 Å². The third-order valence-corrected chi connectivity index (χ3v) is 16.3. The highest BCUT2D eigenvalue weighted by Crippen LogP contribution is 2.59. The summed E-state index contributed by atoms with van der Waals surface area (Å²) >= 11 is 0. The van der Waals surface area contributed by atoms with E-state index in [9.17, 15) is 86.5 Å². The van der Waals surface area contributed by atoms with E-state index in [2.05, 4.69) is 0 Å². The lowest BCUT2D eigenvalue weighted by molar-refractivity contribution is -0.291. The van der Waals surface area contributed by atoms with Gasteiger partial charge < -0.3 is 124 Å². The summed E-state index contributed by atoms with van der Waals surface area (Å²) in [5, 5.41) is 179. The van der Waals surface area contributed by atoms with Crippen molar-refractivity contribution in [1.29, 1.82) is 0 Å². The lowest BCUT2D eigenvalue weighted by Gasteiger charge is -2.41. The number of aliphatic hydroxyl groups is 8. The summed E-state index contributed by atoms with van der Waals surface area (Å²) in [5.41, 5.74) is 0.265. The van der Waals surface area contributed by atoms with E-state index in [0.717, 1.165) is 42.5 Å². The van der Waals surface area contributed by atoms with E-state index < -0.39 is 131 Å². The number of hydrogen-bond donors (Lipinski definition) is 16. The van der Waals surface area contributed by atoms with Crippen LogP contribution in [0.3, 0.4) is 0 Å². The Kier molecular flexibility index (Phi) is 16.1. The molecule has 6 aromatic rings. The van der Waals surface area contributed by atoms with E-state index >= 15 is 0 Å². The summed E-state index contributed by atoms with van der Waals surface area (Å²) in [6.07, 6.45) is -7.88. The summed E-state index contributed by atoms with van der Waals surface area (Å²) in [4.78, 5) is 12.9. The molecule has 26 heteroatoms. The minimum atomic E-state index is -2.03. The van der Waals surface area contributed by atoms with Crippen molar-refractivity contribution in [2.24, 2.45) is 0 Å². The molecule has 1 saturated heterocycles. The second-order valence-corrected chi connectivity index (χ2v) is 22.1. The molecule has 92 heavy (non-hydrogen) atoms. The molecule has 6 aliphatic rings.